The maximum atomic E-state index is 10.9. The SMILES string of the molecule is CN(C=O)C(CCOc1cccc2ccccc12)COC=O. The number of hydrogen-bond acceptors (Lipinski definition) is 4. The van der Waals surface area contributed by atoms with Crippen LogP contribution < -0.4 is 4.74 Å². The largest absolute Gasteiger partial charge is 0.493 e. The van der Waals surface area contributed by atoms with Crippen LogP contribution in [0.25, 0.3) is 10.8 Å². The molecule has 0 aliphatic carbocycles. The van der Waals surface area contributed by atoms with Gasteiger partial charge in [-0.1, -0.05) is 36.4 Å². The van der Waals surface area contributed by atoms with Crippen molar-refractivity contribution in [2.24, 2.45) is 0 Å². The number of nitrogens with zero attached hydrogens (tertiary/aromatic N) is 1. The van der Waals surface area contributed by atoms with E-state index in [0.717, 1.165) is 22.9 Å². The van der Waals surface area contributed by atoms with Gasteiger partial charge in [0.2, 0.25) is 6.41 Å². The van der Waals surface area contributed by atoms with Gasteiger partial charge < -0.3 is 14.4 Å². The number of hydrogen-bond donors (Lipinski definition) is 0. The summed E-state index contributed by atoms with van der Waals surface area (Å²) in [4.78, 5) is 22.6. The van der Waals surface area contributed by atoms with E-state index in [1.807, 2.05) is 42.5 Å². The molecule has 0 heterocycles. The lowest BCUT2D eigenvalue weighted by molar-refractivity contribution is -0.132. The Hall–Kier alpha value is -2.56. The van der Waals surface area contributed by atoms with Crippen molar-refractivity contribution in [1.29, 1.82) is 0 Å². The van der Waals surface area contributed by atoms with Crippen LogP contribution in [0.15, 0.2) is 42.5 Å². The quantitative estimate of drug-likeness (QED) is 0.667. The first-order chi connectivity index (χ1) is 10.8. The summed E-state index contributed by atoms with van der Waals surface area (Å²) in [5, 5.41) is 2.17. The molecular formula is C17H19NO4. The van der Waals surface area contributed by atoms with Crippen molar-refractivity contribution in [1.82, 2.24) is 4.90 Å². The minimum absolute atomic E-state index is 0.164. The predicted octanol–water partition coefficient (Wildman–Crippen LogP) is 2.24. The van der Waals surface area contributed by atoms with E-state index in [4.69, 9.17) is 9.47 Å². The Balaban J connectivity index is 1.98. The molecule has 1 atom stereocenters. The molecule has 2 rings (SSSR count). The average Bonchev–Trinajstić information content (AvgIpc) is 2.57. The molecule has 0 radical (unpaired) electrons. The lowest BCUT2D eigenvalue weighted by Gasteiger charge is -2.23. The zero-order chi connectivity index (χ0) is 15.8. The maximum absolute atomic E-state index is 10.9. The number of rotatable bonds is 9. The van der Waals surface area contributed by atoms with Crippen molar-refractivity contribution in [3.63, 3.8) is 0 Å². The van der Waals surface area contributed by atoms with Gasteiger partial charge in [-0.15, -0.1) is 0 Å². The van der Waals surface area contributed by atoms with Gasteiger partial charge in [-0.25, -0.2) is 0 Å². The normalized spacial score (nSPS) is 11.7. The molecule has 0 saturated carbocycles. The molecule has 2 aromatic rings. The van der Waals surface area contributed by atoms with E-state index in [-0.39, 0.29) is 12.6 Å². The van der Waals surface area contributed by atoms with Crippen molar-refractivity contribution < 1.29 is 19.1 Å². The van der Waals surface area contributed by atoms with Crippen LogP contribution in [0.3, 0.4) is 0 Å². The zero-order valence-electron chi connectivity index (χ0n) is 12.5. The fraction of sp³-hybridized carbons (Fsp3) is 0.294. The Morgan fingerprint density at radius 1 is 1.14 bits per heavy atom. The van der Waals surface area contributed by atoms with Crippen LogP contribution in [0.4, 0.5) is 0 Å². The van der Waals surface area contributed by atoms with Crippen LogP contribution in [0, 0.1) is 0 Å². The van der Waals surface area contributed by atoms with Crippen LogP contribution in [-0.2, 0) is 14.3 Å². The van der Waals surface area contributed by atoms with Crippen molar-refractivity contribution in [2.45, 2.75) is 12.5 Å². The van der Waals surface area contributed by atoms with E-state index in [9.17, 15) is 9.59 Å². The molecular weight excluding hydrogens is 282 g/mol. The van der Waals surface area contributed by atoms with Gasteiger partial charge in [0.15, 0.2) is 0 Å². The molecule has 0 aliphatic rings. The second-order valence-electron chi connectivity index (χ2n) is 4.97. The minimum Gasteiger partial charge on any atom is -0.493 e. The Labute approximate surface area is 129 Å². The summed E-state index contributed by atoms with van der Waals surface area (Å²) in [6, 6.07) is 13.7. The zero-order valence-corrected chi connectivity index (χ0v) is 12.5. The monoisotopic (exact) mass is 301 g/mol. The summed E-state index contributed by atoms with van der Waals surface area (Å²) < 4.78 is 10.6. The topological polar surface area (TPSA) is 55.8 Å². The fourth-order valence-corrected chi connectivity index (χ4v) is 2.27. The Kier molecular flexibility index (Phi) is 5.77. The van der Waals surface area contributed by atoms with Gasteiger partial charge in [0.05, 0.1) is 12.6 Å². The van der Waals surface area contributed by atoms with Gasteiger partial charge in [0.25, 0.3) is 6.47 Å². The molecule has 0 saturated heterocycles. The first-order valence-corrected chi connectivity index (χ1v) is 7.09. The molecule has 0 N–H and O–H groups in total. The summed E-state index contributed by atoms with van der Waals surface area (Å²) in [5.74, 6) is 0.807. The van der Waals surface area contributed by atoms with E-state index in [2.05, 4.69) is 0 Å². The highest BCUT2D eigenvalue weighted by molar-refractivity contribution is 5.88. The molecule has 0 fully saturated rings. The molecule has 5 nitrogen and oxygen atoms in total. The molecule has 1 unspecified atom stereocenters. The Morgan fingerprint density at radius 3 is 2.68 bits per heavy atom. The third-order valence-electron chi connectivity index (χ3n) is 3.56. The van der Waals surface area contributed by atoms with Crippen LogP contribution in [0.5, 0.6) is 5.75 Å². The third kappa shape index (κ3) is 3.97. The maximum Gasteiger partial charge on any atom is 0.293 e. The number of amides is 1. The van der Waals surface area contributed by atoms with Crippen molar-refractivity contribution in [3.05, 3.63) is 42.5 Å². The van der Waals surface area contributed by atoms with Gasteiger partial charge in [-0.3, -0.25) is 9.59 Å². The van der Waals surface area contributed by atoms with E-state index in [0.29, 0.717) is 19.5 Å². The minimum atomic E-state index is -0.197. The van der Waals surface area contributed by atoms with E-state index in [1.54, 1.807) is 7.05 Å². The Morgan fingerprint density at radius 2 is 1.91 bits per heavy atom. The Bertz CT molecular complexity index is 624. The molecule has 0 aromatic heterocycles. The van der Waals surface area contributed by atoms with Crippen molar-refractivity contribution >= 4 is 23.7 Å². The van der Waals surface area contributed by atoms with Gasteiger partial charge in [-0.05, 0) is 11.5 Å². The summed E-state index contributed by atoms with van der Waals surface area (Å²) in [6.07, 6.45) is 1.29. The van der Waals surface area contributed by atoms with Gasteiger partial charge >= 0.3 is 0 Å². The molecule has 0 aliphatic heterocycles. The van der Waals surface area contributed by atoms with Crippen molar-refractivity contribution in [2.75, 3.05) is 20.3 Å². The highest BCUT2D eigenvalue weighted by Gasteiger charge is 2.14. The number of ether oxygens (including phenoxy) is 2. The first-order valence-electron chi connectivity index (χ1n) is 7.09. The highest BCUT2D eigenvalue weighted by atomic mass is 16.5. The molecule has 5 heteroatoms. The van der Waals surface area contributed by atoms with Crippen LogP contribution in [0.2, 0.25) is 0 Å². The number of benzene rings is 2. The highest BCUT2D eigenvalue weighted by Crippen LogP contribution is 2.25. The fourth-order valence-electron chi connectivity index (χ4n) is 2.27. The number of likely N-dealkylation sites (N-methyl/N-ethyl adjacent to an activating group) is 1. The molecule has 2 aromatic carbocycles. The predicted molar refractivity (Wildman–Crippen MR) is 83.7 cm³/mol. The van der Waals surface area contributed by atoms with Gasteiger partial charge in [0.1, 0.15) is 12.4 Å². The second-order valence-corrected chi connectivity index (χ2v) is 4.97. The van der Waals surface area contributed by atoms with Crippen LogP contribution in [0.1, 0.15) is 6.42 Å². The lowest BCUT2D eigenvalue weighted by Crippen LogP contribution is -2.35. The van der Waals surface area contributed by atoms with E-state index >= 15 is 0 Å². The van der Waals surface area contributed by atoms with E-state index < -0.39 is 0 Å². The third-order valence-corrected chi connectivity index (χ3v) is 3.56. The molecule has 1 amide bonds. The number of carbonyl (C=O) groups is 2. The second kappa shape index (κ2) is 8.02. The average molecular weight is 301 g/mol. The number of carbonyl (C=O) groups excluding carboxylic acids is 2. The summed E-state index contributed by atoms with van der Waals surface area (Å²) in [5.41, 5.74) is 0. The smallest absolute Gasteiger partial charge is 0.293 e. The molecule has 116 valence electrons. The van der Waals surface area contributed by atoms with Gasteiger partial charge in [0, 0.05) is 18.9 Å². The standard InChI is InChI=1S/C17H19NO4/c1-18(12-19)15(11-21-13-20)9-10-22-17-8-4-6-14-5-2-3-7-16(14)17/h2-8,12-13,15H,9-11H2,1H3. The van der Waals surface area contributed by atoms with E-state index in [1.165, 1.54) is 4.90 Å². The molecule has 0 bridgehead atoms. The summed E-state index contributed by atoms with van der Waals surface area (Å²) in [7, 11) is 1.66. The lowest BCUT2D eigenvalue weighted by atomic mass is 10.1. The van der Waals surface area contributed by atoms with Gasteiger partial charge in [-0.2, -0.15) is 0 Å². The molecule has 0 spiro atoms. The van der Waals surface area contributed by atoms with Crippen molar-refractivity contribution in [3.8, 4) is 5.75 Å². The summed E-state index contributed by atoms with van der Waals surface area (Å²) in [6.45, 7) is 0.980. The molecule has 22 heavy (non-hydrogen) atoms. The summed E-state index contributed by atoms with van der Waals surface area (Å²) >= 11 is 0. The van der Waals surface area contributed by atoms with Crippen LogP contribution in [-0.4, -0.2) is 44.1 Å². The number of fused-ring (bicyclic) bond motifs is 1. The van der Waals surface area contributed by atoms with Crippen LogP contribution >= 0.6 is 0 Å². The first kappa shape index (κ1) is 15.8.